The molecule has 0 aliphatic carbocycles. The molecule has 1 unspecified atom stereocenters. The van der Waals surface area contributed by atoms with Gasteiger partial charge >= 0.3 is 0 Å². The Morgan fingerprint density at radius 1 is 0.949 bits per heavy atom. The first-order chi connectivity index (χ1) is 19.3. The average molecular weight is 514 g/mol. The van der Waals surface area contributed by atoms with Gasteiger partial charge in [0.15, 0.2) is 18.1 Å². The minimum Gasteiger partial charge on any atom is -0.497 e. The van der Waals surface area contributed by atoms with Gasteiger partial charge in [-0.1, -0.05) is 71.9 Å². The maximum atomic E-state index is 6.47. The first kappa shape index (κ1) is 22.9. The molecule has 190 valence electrons. The molecule has 7 rings (SSSR count). The van der Waals surface area contributed by atoms with E-state index in [-0.39, 0.29) is 12.5 Å². The van der Waals surface area contributed by atoms with Gasteiger partial charge in [-0.25, -0.2) is 14.5 Å². The van der Waals surface area contributed by atoms with Gasteiger partial charge in [0.1, 0.15) is 17.8 Å². The van der Waals surface area contributed by atoms with Crippen LogP contribution in [-0.4, -0.2) is 32.9 Å². The molecule has 0 spiro atoms. The van der Waals surface area contributed by atoms with Crippen LogP contribution in [0.15, 0.2) is 102 Å². The van der Waals surface area contributed by atoms with Gasteiger partial charge < -0.3 is 14.3 Å². The van der Waals surface area contributed by atoms with Gasteiger partial charge in [0, 0.05) is 16.9 Å². The van der Waals surface area contributed by atoms with E-state index in [1.54, 1.807) is 24.2 Å². The van der Waals surface area contributed by atoms with Crippen molar-refractivity contribution >= 4 is 22.6 Å². The van der Waals surface area contributed by atoms with Gasteiger partial charge in [0.25, 0.3) is 0 Å². The smallest absolute Gasteiger partial charge is 0.228 e. The van der Waals surface area contributed by atoms with Crippen molar-refractivity contribution in [2.45, 2.75) is 12.5 Å². The van der Waals surface area contributed by atoms with Crippen molar-refractivity contribution in [1.82, 2.24) is 19.6 Å². The summed E-state index contributed by atoms with van der Waals surface area (Å²) in [6.45, 7) is 0.112. The Hall–Kier alpha value is -5.24. The molecule has 6 aromatic rings. The molecule has 39 heavy (non-hydrogen) atoms. The number of hydrogen-bond acceptors (Lipinski definition) is 7. The van der Waals surface area contributed by atoms with Crippen LogP contribution in [0, 0.1) is 0 Å². The van der Waals surface area contributed by atoms with Gasteiger partial charge in [-0.3, -0.25) is 0 Å². The lowest BCUT2D eigenvalue weighted by Crippen LogP contribution is -2.15. The molecule has 0 saturated heterocycles. The normalized spacial score (nSPS) is 14.2. The predicted molar refractivity (Wildman–Crippen MR) is 148 cm³/mol. The topological polar surface area (TPSA) is 83.1 Å². The van der Waals surface area contributed by atoms with E-state index in [1.165, 1.54) is 0 Å². The Labute approximate surface area is 224 Å². The fraction of sp³-hybridized carbons (Fsp3) is 0.0968. The lowest BCUT2D eigenvalue weighted by molar-refractivity contribution is 0.126. The van der Waals surface area contributed by atoms with Crippen LogP contribution in [-0.2, 0) is 11.4 Å². The van der Waals surface area contributed by atoms with E-state index in [4.69, 9.17) is 19.3 Å². The van der Waals surface area contributed by atoms with Crippen LogP contribution < -0.4 is 9.47 Å². The number of nitrogens with zero attached hydrogens (tertiary/aromatic N) is 5. The van der Waals surface area contributed by atoms with Crippen LogP contribution in [0.2, 0.25) is 0 Å². The second kappa shape index (κ2) is 9.57. The average Bonchev–Trinajstić information content (AvgIpc) is 3.42. The highest BCUT2D eigenvalue weighted by molar-refractivity contribution is 5.91. The van der Waals surface area contributed by atoms with Crippen molar-refractivity contribution in [2.75, 3.05) is 7.11 Å². The molecule has 0 bridgehead atoms. The van der Waals surface area contributed by atoms with E-state index < -0.39 is 0 Å². The summed E-state index contributed by atoms with van der Waals surface area (Å²) >= 11 is 0. The quantitative estimate of drug-likeness (QED) is 0.197. The van der Waals surface area contributed by atoms with Crippen LogP contribution in [0.25, 0.3) is 16.4 Å². The van der Waals surface area contributed by atoms with Gasteiger partial charge in [-0.05, 0) is 40.8 Å². The molecule has 8 nitrogen and oxygen atoms in total. The van der Waals surface area contributed by atoms with Crippen LogP contribution in [0.3, 0.4) is 0 Å². The van der Waals surface area contributed by atoms with Gasteiger partial charge in [0.05, 0.1) is 18.9 Å². The summed E-state index contributed by atoms with van der Waals surface area (Å²) in [7, 11) is 1.63. The third-order valence-corrected chi connectivity index (χ3v) is 6.86. The fourth-order valence-corrected chi connectivity index (χ4v) is 5.03. The summed E-state index contributed by atoms with van der Waals surface area (Å²) in [5.41, 5.74) is 4.62. The molecule has 1 atom stereocenters. The number of benzene rings is 4. The van der Waals surface area contributed by atoms with Crippen molar-refractivity contribution in [3.05, 3.63) is 125 Å². The molecule has 4 aromatic carbocycles. The van der Waals surface area contributed by atoms with Crippen LogP contribution >= 0.6 is 0 Å². The first-order valence-electron chi connectivity index (χ1n) is 12.6. The number of fused-ring (bicyclic) bond motifs is 6. The van der Waals surface area contributed by atoms with Crippen molar-refractivity contribution in [2.24, 2.45) is 5.16 Å². The lowest BCUT2D eigenvalue weighted by atomic mass is 9.83. The summed E-state index contributed by atoms with van der Waals surface area (Å²) < 4.78 is 13.3. The Kier molecular flexibility index (Phi) is 5.62. The number of methoxy groups -OCH3 is 1. The van der Waals surface area contributed by atoms with E-state index in [0.717, 1.165) is 44.5 Å². The largest absolute Gasteiger partial charge is 0.497 e. The summed E-state index contributed by atoms with van der Waals surface area (Å²) in [4.78, 5) is 15.0. The maximum Gasteiger partial charge on any atom is 0.228 e. The summed E-state index contributed by atoms with van der Waals surface area (Å²) in [6, 6.07) is 30.4. The van der Waals surface area contributed by atoms with Gasteiger partial charge in [0.2, 0.25) is 5.88 Å². The minimum absolute atomic E-state index is 0.112. The zero-order chi connectivity index (χ0) is 26.2. The molecule has 8 heteroatoms. The first-order valence-corrected chi connectivity index (χ1v) is 12.6. The summed E-state index contributed by atoms with van der Waals surface area (Å²) in [6.07, 6.45) is 3.27. The zero-order valence-corrected chi connectivity index (χ0v) is 21.1. The van der Waals surface area contributed by atoms with E-state index >= 15 is 0 Å². The Morgan fingerprint density at radius 2 is 1.77 bits per heavy atom. The summed E-state index contributed by atoms with van der Waals surface area (Å²) in [5.74, 6) is 2.50. The third-order valence-electron chi connectivity index (χ3n) is 6.86. The SMILES string of the molecule is COc1ccc(/C=N/OCc2nc3c4c(ncn3n2)Oc2c(ccc3ccccc23)C4c2ccccc2)cc1. The number of oxime groups is 1. The molecule has 0 radical (unpaired) electrons. The van der Waals surface area contributed by atoms with Crippen molar-refractivity contribution < 1.29 is 14.3 Å². The molecule has 2 aromatic heterocycles. The number of hydrogen-bond donors (Lipinski definition) is 0. The Bertz CT molecular complexity index is 1830. The fourth-order valence-electron chi connectivity index (χ4n) is 5.03. The number of rotatable bonds is 6. The standard InChI is InChI=1S/C31H23N5O3/c1-37-23-14-11-20(12-15-23)17-33-38-18-26-34-30-28-27(22-8-3-2-4-9-22)25-16-13-21-7-5-6-10-24(21)29(25)39-31(28)32-19-36(30)35-26/h2-17,19,27H,18H2,1H3/b33-17+. The molecule has 0 amide bonds. The van der Waals surface area contributed by atoms with E-state index in [9.17, 15) is 0 Å². The molecule has 3 heterocycles. The van der Waals surface area contributed by atoms with Crippen molar-refractivity contribution in [1.29, 1.82) is 0 Å². The molecular formula is C31H23N5O3. The van der Waals surface area contributed by atoms with Crippen molar-refractivity contribution in [3.63, 3.8) is 0 Å². The van der Waals surface area contributed by atoms with E-state index in [0.29, 0.717) is 17.4 Å². The maximum absolute atomic E-state index is 6.47. The van der Waals surface area contributed by atoms with Gasteiger partial charge in [-0.2, -0.15) is 0 Å². The van der Waals surface area contributed by atoms with Crippen LogP contribution in [0.5, 0.6) is 17.4 Å². The molecule has 0 fully saturated rings. The Balaban J connectivity index is 1.25. The summed E-state index contributed by atoms with van der Waals surface area (Å²) in [5, 5.41) is 10.8. The van der Waals surface area contributed by atoms with E-state index in [1.807, 2.05) is 54.6 Å². The number of aromatic nitrogens is 4. The highest BCUT2D eigenvalue weighted by Gasteiger charge is 2.34. The van der Waals surface area contributed by atoms with Crippen LogP contribution in [0.1, 0.15) is 34.0 Å². The minimum atomic E-state index is -0.128. The molecule has 1 aliphatic rings. The lowest BCUT2D eigenvalue weighted by Gasteiger charge is -2.28. The molecule has 0 N–H and O–H groups in total. The Morgan fingerprint density at radius 3 is 2.62 bits per heavy atom. The highest BCUT2D eigenvalue weighted by atomic mass is 16.6. The van der Waals surface area contributed by atoms with Gasteiger partial charge in [-0.15, -0.1) is 5.10 Å². The third kappa shape index (κ3) is 4.12. The monoisotopic (exact) mass is 513 g/mol. The second-order valence-corrected chi connectivity index (χ2v) is 9.19. The molecular weight excluding hydrogens is 490 g/mol. The van der Waals surface area contributed by atoms with E-state index in [2.05, 4.69) is 51.6 Å². The zero-order valence-electron chi connectivity index (χ0n) is 21.1. The highest BCUT2D eigenvalue weighted by Crippen LogP contribution is 2.50. The second-order valence-electron chi connectivity index (χ2n) is 9.19. The van der Waals surface area contributed by atoms with Crippen LogP contribution in [0.4, 0.5) is 0 Å². The molecule has 0 saturated carbocycles. The predicted octanol–water partition coefficient (Wildman–Crippen LogP) is 6.12. The molecule has 1 aliphatic heterocycles. The number of ether oxygens (including phenoxy) is 2. The van der Waals surface area contributed by atoms with Crippen molar-refractivity contribution in [3.8, 4) is 17.4 Å².